The van der Waals surface area contributed by atoms with Crippen LogP contribution < -0.4 is 0 Å². The fourth-order valence-electron chi connectivity index (χ4n) is 3.30. The number of allylic oxidation sites excluding steroid dienone is 2. The first-order valence-electron chi connectivity index (χ1n) is 8.78. The van der Waals surface area contributed by atoms with Gasteiger partial charge >= 0.3 is 0 Å². The molecule has 0 aromatic heterocycles. The monoisotopic (exact) mass is 286 g/mol. The van der Waals surface area contributed by atoms with Gasteiger partial charge in [-0.25, -0.2) is 0 Å². The molecule has 0 amide bonds. The zero-order chi connectivity index (χ0) is 14.9. The van der Waals surface area contributed by atoms with Crippen LogP contribution in [0.15, 0.2) is 30.3 Å². The minimum atomic E-state index is 0.358. The summed E-state index contributed by atoms with van der Waals surface area (Å²) in [5.41, 5.74) is 2.75. The van der Waals surface area contributed by atoms with Crippen molar-refractivity contribution in [2.24, 2.45) is 5.92 Å². The van der Waals surface area contributed by atoms with Crippen molar-refractivity contribution >= 4 is 5.57 Å². The number of unbranched alkanes of at least 4 members (excludes halogenated alkanes) is 5. The van der Waals surface area contributed by atoms with Crippen LogP contribution in [0, 0.1) is 5.92 Å². The summed E-state index contributed by atoms with van der Waals surface area (Å²) in [6, 6.07) is 7.65. The molecule has 0 bridgehead atoms. The molecule has 0 spiro atoms. The van der Waals surface area contributed by atoms with Gasteiger partial charge in [0.15, 0.2) is 0 Å². The number of phenolic OH excluding ortho intramolecular Hbond substituents is 1. The molecule has 0 radical (unpaired) electrons. The zero-order valence-corrected chi connectivity index (χ0v) is 13.5. The number of rotatable bonds is 8. The van der Waals surface area contributed by atoms with Crippen molar-refractivity contribution in [1.82, 2.24) is 0 Å². The molecule has 2 rings (SSSR count). The lowest BCUT2D eigenvalue weighted by Crippen LogP contribution is -2.05. The summed E-state index contributed by atoms with van der Waals surface area (Å²) in [6.45, 7) is 2.28. The van der Waals surface area contributed by atoms with Gasteiger partial charge in [0.2, 0.25) is 0 Å². The van der Waals surface area contributed by atoms with Crippen LogP contribution in [0.2, 0.25) is 0 Å². The molecule has 0 heterocycles. The minimum absolute atomic E-state index is 0.358. The Morgan fingerprint density at radius 2 is 1.71 bits per heavy atom. The second-order valence-electron chi connectivity index (χ2n) is 6.47. The van der Waals surface area contributed by atoms with Crippen LogP contribution in [0.4, 0.5) is 0 Å². The summed E-state index contributed by atoms with van der Waals surface area (Å²) in [7, 11) is 0. The third kappa shape index (κ3) is 5.57. The molecule has 0 aliphatic heterocycles. The first-order valence-corrected chi connectivity index (χ1v) is 8.78. The summed E-state index contributed by atoms with van der Waals surface area (Å²) in [4.78, 5) is 0. The van der Waals surface area contributed by atoms with E-state index in [9.17, 15) is 5.11 Å². The predicted octanol–water partition coefficient (Wildman–Crippen LogP) is 6.33. The van der Waals surface area contributed by atoms with Crippen molar-refractivity contribution in [2.75, 3.05) is 0 Å². The highest BCUT2D eigenvalue weighted by molar-refractivity contribution is 5.66. The highest BCUT2D eigenvalue weighted by Crippen LogP contribution is 2.33. The average molecular weight is 286 g/mol. The molecule has 1 heteroatoms. The Hall–Kier alpha value is -1.24. The Morgan fingerprint density at radius 3 is 2.38 bits per heavy atom. The van der Waals surface area contributed by atoms with Crippen LogP contribution in [0.1, 0.15) is 76.7 Å². The number of phenols is 1. The fraction of sp³-hybridized carbons (Fsp3) is 0.600. The predicted molar refractivity (Wildman–Crippen MR) is 91.4 cm³/mol. The second kappa shape index (κ2) is 8.92. The molecule has 116 valence electrons. The zero-order valence-electron chi connectivity index (χ0n) is 13.5. The lowest BCUT2D eigenvalue weighted by atomic mass is 9.84. The van der Waals surface area contributed by atoms with Crippen molar-refractivity contribution in [3.05, 3.63) is 35.9 Å². The largest absolute Gasteiger partial charge is 0.508 e. The van der Waals surface area contributed by atoms with Crippen LogP contribution in [-0.4, -0.2) is 5.11 Å². The van der Waals surface area contributed by atoms with E-state index in [1.807, 2.05) is 12.1 Å². The first kappa shape index (κ1) is 16.1. The van der Waals surface area contributed by atoms with E-state index in [4.69, 9.17) is 0 Å². The Morgan fingerprint density at radius 1 is 1.00 bits per heavy atom. The molecule has 0 saturated carbocycles. The maximum atomic E-state index is 9.35. The van der Waals surface area contributed by atoms with Gasteiger partial charge in [-0.3, -0.25) is 0 Å². The Kier molecular flexibility index (Phi) is 6.85. The summed E-state index contributed by atoms with van der Waals surface area (Å²) in [5, 5.41) is 9.35. The molecular formula is C20H30O. The Bertz CT molecular complexity index is 430. The highest BCUT2D eigenvalue weighted by atomic mass is 16.3. The molecule has 1 aliphatic rings. The van der Waals surface area contributed by atoms with Crippen molar-refractivity contribution in [2.45, 2.75) is 71.1 Å². The summed E-state index contributed by atoms with van der Waals surface area (Å²) >= 11 is 0. The molecule has 1 N–H and O–H groups in total. The van der Waals surface area contributed by atoms with Gasteiger partial charge in [0.05, 0.1) is 0 Å². The number of hydrogen-bond donors (Lipinski definition) is 1. The summed E-state index contributed by atoms with van der Waals surface area (Å²) in [5.74, 6) is 1.26. The van der Waals surface area contributed by atoms with Gasteiger partial charge in [-0.2, -0.15) is 0 Å². The van der Waals surface area contributed by atoms with Gasteiger partial charge in [-0.1, -0.05) is 70.1 Å². The molecule has 1 aromatic carbocycles. The summed E-state index contributed by atoms with van der Waals surface area (Å²) in [6.07, 6.45) is 16.0. The molecule has 1 unspecified atom stereocenters. The van der Waals surface area contributed by atoms with E-state index in [0.29, 0.717) is 5.75 Å². The maximum Gasteiger partial charge on any atom is 0.115 e. The third-order valence-electron chi connectivity index (χ3n) is 4.72. The van der Waals surface area contributed by atoms with Gasteiger partial charge in [-0.15, -0.1) is 0 Å². The van der Waals surface area contributed by atoms with Crippen LogP contribution in [0.25, 0.3) is 5.57 Å². The van der Waals surface area contributed by atoms with Gasteiger partial charge in [0.25, 0.3) is 0 Å². The van der Waals surface area contributed by atoms with Crippen LogP contribution in [-0.2, 0) is 0 Å². The van der Waals surface area contributed by atoms with Gasteiger partial charge in [0, 0.05) is 0 Å². The SMILES string of the molecule is CCCCCCCCC1CC=C(c2ccc(O)cc2)CC1. The second-order valence-corrected chi connectivity index (χ2v) is 6.47. The quantitative estimate of drug-likeness (QED) is 0.554. The van der Waals surface area contributed by atoms with Crippen molar-refractivity contribution in [1.29, 1.82) is 0 Å². The molecular weight excluding hydrogens is 256 g/mol. The van der Waals surface area contributed by atoms with Crippen LogP contribution in [0.5, 0.6) is 5.75 Å². The molecule has 0 fully saturated rings. The highest BCUT2D eigenvalue weighted by Gasteiger charge is 2.15. The molecule has 1 aliphatic carbocycles. The standard InChI is InChI=1S/C20H30O/c1-2-3-4-5-6-7-8-17-9-11-18(12-10-17)19-13-15-20(21)16-14-19/h11,13-17,21H,2-10,12H2,1H3. The first-order chi connectivity index (χ1) is 10.3. The van der Waals surface area contributed by atoms with E-state index in [-0.39, 0.29) is 0 Å². The normalized spacial score (nSPS) is 18.5. The molecule has 0 saturated heterocycles. The molecule has 1 nitrogen and oxygen atoms in total. The van der Waals surface area contributed by atoms with E-state index in [1.54, 1.807) is 12.1 Å². The minimum Gasteiger partial charge on any atom is -0.508 e. The topological polar surface area (TPSA) is 20.2 Å². The van der Waals surface area contributed by atoms with Gasteiger partial charge in [0.1, 0.15) is 5.75 Å². The van der Waals surface area contributed by atoms with E-state index in [0.717, 1.165) is 5.92 Å². The average Bonchev–Trinajstić information content (AvgIpc) is 2.52. The number of aromatic hydroxyl groups is 1. The smallest absolute Gasteiger partial charge is 0.115 e. The maximum absolute atomic E-state index is 9.35. The third-order valence-corrected chi connectivity index (χ3v) is 4.72. The van der Waals surface area contributed by atoms with Crippen LogP contribution >= 0.6 is 0 Å². The lowest BCUT2D eigenvalue weighted by molar-refractivity contribution is 0.423. The fourth-order valence-corrected chi connectivity index (χ4v) is 3.30. The molecule has 1 aromatic rings. The van der Waals surface area contributed by atoms with Gasteiger partial charge < -0.3 is 5.11 Å². The lowest BCUT2D eigenvalue weighted by Gasteiger charge is -2.22. The van der Waals surface area contributed by atoms with Crippen LogP contribution in [0.3, 0.4) is 0 Å². The van der Waals surface area contributed by atoms with Crippen molar-refractivity contribution < 1.29 is 5.11 Å². The Balaban J connectivity index is 1.68. The van der Waals surface area contributed by atoms with E-state index in [2.05, 4.69) is 13.0 Å². The van der Waals surface area contributed by atoms with Crippen molar-refractivity contribution in [3.8, 4) is 5.75 Å². The summed E-state index contributed by atoms with van der Waals surface area (Å²) < 4.78 is 0. The number of benzene rings is 1. The van der Waals surface area contributed by atoms with E-state index >= 15 is 0 Å². The Labute approximate surface area is 130 Å². The molecule has 21 heavy (non-hydrogen) atoms. The van der Waals surface area contributed by atoms with Crippen molar-refractivity contribution in [3.63, 3.8) is 0 Å². The van der Waals surface area contributed by atoms with Gasteiger partial charge in [-0.05, 0) is 48.4 Å². The van der Waals surface area contributed by atoms with E-state index < -0.39 is 0 Å². The molecule has 1 atom stereocenters. The number of hydrogen-bond acceptors (Lipinski definition) is 1. The van der Waals surface area contributed by atoms with E-state index in [1.165, 1.54) is 75.3 Å².